The van der Waals surface area contributed by atoms with Gasteiger partial charge in [0.15, 0.2) is 0 Å². The topological polar surface area (TPSA) is 119 Å². The maximum atomic E-state index is 12.5. The van der Waals surface area contributed by atoms with Crippen LogP contribution in [-0.2, 0) is 4.74 Å². The minimum absolute atomic E-state index is 0.119. The van der Waals surface area contributed by atoms with Crippen LogP contribution in [0.3, 0.4) is 0 Å². The zero-order chi connectivity index (χ0) is 20.6. The number of methoxy groups -OCH3 is 2. The molecule has 1 aliphatic heterocycles. The summed E-state index contributed by atoms with van der Waals surface area (Å²) in [7, 11) is 3.14. The van der Waals surface area contributed by atoms with Crippen molar-refractivity contribution >= 4 is 11.8 Å². The third-order valence-electron chi connectivity index (χ3n) is 4.67. The molecule has 0 aliphatic carbocycles. The van der Waals surface area contributed by atoms with Crippen LogP contribution in [0.5, 0.6) is 11.5 Å². The van der Waals surface area contributed by atoms with Gasteiger partial charge in [0, 0.05) is 45.7 Å². The second-order valence-electron chi connectivity index (χ2n) is 6.55. The van der Waals surface area contributed by atoms with Gasteiger partial charge in [-0.1, -0.05) is 0 Å². The van der Waals surface area contributed by atoms with E-state index in [2.05, 4.69) is 20.5 Å². The van der Waals surface area contributed by atoms with Crippen molar-refractivity contribution in [2.24, 2.45) is 0 Å². The lowest BCUT2D eigenvalue weighted by Gasteiger charge is -2.32. The molecule has 2 N–H and O–H groups in total. The number of nitrogens with one attached hydrogen (secondary N) is 2. The molecular formula is C19H25N5O5. The molecule has 2 aromatic rings. The molecule has 0 bridgehead atoms. The number of ether oxygens (including phenoxy) is 3. The van der Waals surface area contributed by atoms with Crippen molar-refractivity contribution in [2.75, 3.05) is 40.5 Å². The minimum Gasteiger partial charge on any atom is -0.497 e. The zero-order valence-corrected chi connectivity index (χ0v) is 16.5. The Balaban J connectivity index is 1.63. The van der Waals surface area contributed by atoms with E-state index in [0.717, 1.165) is 0 Å². The van der Waals surface area contributed by atoms with Gasteiger partial charge in [-0.2, -0.15) is 5.10 Å². The highest BCUT2D eigenvalue weighted by Crippen LogP contribution is 2.28. The lowest BCUT2D eigenvalue weighted by atomic mass is 10.1. The van der Waals surface area contributed by atoms with E-state index in [1.165, 1.54) is 6.33 Å². The molecule has 10 nitrogen and oxygen atoms in total. The SMILES string of the molecule is COCCNC(=O)c1ccc(OC)cc1OC1CCN(C(=O)c2ncn[nH]2)CC1. The molecule has 1 aromatic carbocycles. The van der Waals surface area contributed by atoms with Crippen molar-refractivity contribution in [1.29, 1.82) is 0 Å². The predicted molar refractivity (Wildman–Crippen MR) is 103 cm³/mol. The van der Waals surface area contributed by atoms with Crippen molar-refractivity contribution < 1.29 is 23.8 Å². The number of carbonyl (C=O) groups is 2. The first kappa shape index (κ1) is 20.6. The number of piperidine rings is 1. The molecule has 2 heterocycles. The van der Waals surface area contributed by atoms with E-state index >= 15 is 0 Å². The number of likely N-dealkylation sites (tertiary alicyclic amines) is 1. The number of amides is 2. The Labute approximate surface area is 168 Å². The summed E-state index contributed by atoms with van der Waals surface area (Å²) in [6.07, 6.45) is 2.47. The van der Waals surface area contributed by atoms with Crippen LogP contribution in [0.15, 0.2) is 24.5 Å². The number of H-pyrrole nitrogens is 1. The van der Waals surface area contributed by atoms with Gasteiger partial charge in [-0.25, -0.2) is 4.98 Å². The number of rotatable bonds is 8. The maximum absolute atomic E-state index is 12.5. The van der Waals surface area contributed by atoms with Crippen molar-refractivity contribution in [3.05, 3.63) is 35.9 Å². The van der Waals surface area contributed by atoms with Crippen molar-refractivity contribution in [3.63, 3.8) is 0 Å². The molecule has 2 amide bonds. The third kappa shape index (κ3) is 5.23. The van der Waals surface area contributed by atoms with Crippen LogP contribution < -0.4 is 14.8 Å². The summed E-state index contributed by atoms with van der Waals surface area (Å²) in [5, 5.41) is 9.10. The minimum atomic E-state index is -0.238. The Morgan fingerprint density at radius 3 is 2.72 bits per heavy atom. The Hall–Kier alpha value is -3.14. The van der Waals surface area contributed by atoms with E-state index in [1.54, 1.807) is 37.3 Å². The molecule has 3 rings (SSSR count). The van der Waals surface area contributed by atoms with Gasteiger partial charge in [-0.3, -0.25) is 14.7 Å². The highest BCUT2D eigenvalue weighted by molar-refractivity contribution is 5.97. The molecule has 0 atom stereocenters. The first-order chi connectivity index (χ1) is 14.1. The maximum Gasteiger partial charge on any atom is 0.291 e. The van der Waals surface area contributed by atoms with Gasteiger partial charge < -0.3 is 24.4 Å². The Morgan fingerprint density at radius 1 is 1.28 bits per heavy atom. The quantitative estimate of drug-likeness (QED) is 0.628. The third-order valence-corrected chi connectivity index (χ3v) is 4.67. The highest BCUT2D eigenvalue weighted by atomic mass is 16.5. The fourth-order valence-corrected chi connectivity index (χ4v) is 3.09. The van der Waals surface area contributed by atoms with Gasteiger partial charge in [-0.15, -0.1) is 0 Å². The van der Waals surface area contributed by atoms with Crippen LogP contribution in [0.1, 0.15) is 33.8 Å². The summed E-state index contributed by atoms with van der Waals surface area (Å²) >= 11 is 0. The monoisotopic (exact) mass is 403 g/mol. The molecule has 0 radical (unpaired) electrons. The Kier molecular flexibility index (Phi) is 7.01. The average molecular weight is 403 g/mol. The van der Waals surface area contributed by atoms with Gasteiger partial charge in [0.05, 0.1) is 19.3 Å². The Bertz CT molecular complexity index is 818. The second kappa shape index (κ2) is 9.87. The van der Waals surface area contributed by atoms with Crippen molar-refractivity contribution in [1.82, 2.24) is 25.4 Å². The van der Waals surface area contributed by atoms with E-state index in [9.17, 15) is 9.59 Å². The summed E-state index contributed by atoms with van der Waals surface area (Å²) in [6.45, 7) is 1.89. The van der Waals surface area contributed by atoms with Crippen molar-refractivity contribution in [2.45, 2.75) is 18.9 Å². The second-order valence-corrected chi connectivity index (χ2v) is 6.55. The molecule has 156 valence electrons. The van der Waals surface area contributed by atoms with Gasteiger partial charge in [0.1, 0.15) is 23.9 Å². The molecule has 1 saturated heterocycles. The van der Waals surface area contributed by atoms with E-state index in [1.807, 2.05) is 0 Å². The smallest absolute Gasteiger partial charge is 0.291 e. The van der Waals surface area contributed by atoms with E-state index in [-0.39, 0.29) is 23.7 Å². The lowest BCUT2D eigenvalue weighted by molar-refractivity contribution is 0.0582. The number of hydrogen-bond acceptors (Lipinski definition) is 7. The summed E-state index contributed by atoms with van der Waals surface area (Å²) in [5.74, 6) is 0.871. The van der Waals surface area contributed by atoms with Gasteiger partial charge >= 0.3 is 0 Å². The van der Waals surface area contributed by atoms with Crippen LogP contribution in [0.4, 0.5) is 0 Å². The lowest BCUT2D eigenvalue weighted by Crippen LogP contribution is -2.42. The first-order valence-corrected chi connectivity index (χ1v) is 9.39. The molecule has 1 aromatic heterocycles. The standard InChI is InChI=1S/C19H25N5O5/c1-27-10-7-20-18(25)15-4-3-14(28-2)11-16(15)29-13-5-8-24(9-6-13)19(26)17-21-12-22-23-17/h3-4,11-13H,5-10H2,1-2H3,(H,20,25)(H,21,22,23). The molecular weight excluding hydrogens is 378 g/mol. The molecule has 10 heteroatoms. The molecule has 1 fully saturated rings. The predicted octanol–water partition coefficient (Wildman–Crippen LogP) is 0.873. The number of carbonyl (C=O) groups excluding carboxylic acids is 2. The number of benzene rings is 1. The molecule has 0 spiro atoms. The van der Waals surface area contributed by atoms with E-state index < -0.39 is 0 Å². The number of aromatic amines is 1. The molecule has 1 aliphatic rings. The van der Waals surface area contributed by atoms with Crippen LogP contribution in [0, 0.1) is 0 Å². The van der Waals surface area contributed by atoms with Crippen LogP contribution >= 0.6 is 0 Å². The normalized spacial score (nSPS) is 14.5. The Morgan fingerprint density at radius 2 is 2.07 bits per heavy atom. The number of hydrogen-bond donors (Lipinski definition) is 2. The molecule has 0 saturated carbocycles. The first-order valence-electron chi connectivity index (χ1n) is 9.39. The molecule has 29 heavy (non-hydrogen) atoms. The fourth-order valence-electron chi connectivity index (χ4n) is 3.09. The number of aromatic nitrogens is 3. The fraction of sp³-hybridized carbons (Fsp3) is 0.474. The van der Waals surface area contributed by atoms with Gasteiger partial charge in [0.2, 0.25) is 5.82 Å². The van der Waals surface area contributed by atoms with Crippen molar-refractivity contribution in [3.8, 4) is 11.5 Å². The zero-order valence-electron chi connectivity index (χ0n) is 16.5. The van der Waals surface area contributed by atoms with Crippen LogP contribution in [0.2, 0.25) is 0 Å². The summed E-state index contributed by atoms with van der Waals surface area (Å²) in [6, 6.07) is 5.10. The average Bonchev–Trinajstić information content (AvgIpc) is 3.28. The van der Waals surface area contributed by atoms with Gasteiger partial charge in [-0.05, 0) is 12.1 Å². The summed E-state index contributed by atoms with van der Waals surface area (Å²) in [4.78, 5) is 30.5. The summed E-state index contributed by atoms with van der Waals surface area (Å²) in [5.41, 5.74) is 0.432. The van der Waals surface area contributed by atoms with E-state index in [0.29, 0.717) is 56.1 Å². The molecule has 0 unspecified atom stereocenters. The highest BCUT2D eigenvalue weighted by Gasteiger charge is 2.27. The number of nitrogens with zero attached hydrogens (tertiary/aromatic N) is 3. The van der Waals surface area contributed by atoms with E-state index in [4.69, 9.17) is 14.2 Å². The largest absolute Gasteiger partial charge is 0.497 e. The van der Waals surface area contributed by atoms with Gasteiger partial charge in [0.25, 0.3) is 11.8 Å². The van der Waals surface area contributed by atoms with Crippen LogP contribution in [0.25, 0.3) is 0 Å². The summed E-state index contributed by atoms with van der Waals surface area (Å²) < 4.78 is 16.4. The van der Waals surface area contributed by atoms with Crippen LogP contribution in [-0.4, -0.2) is 78.5 Å².